The number of rotatable bonds is 4. The Morgan fingerprint density at radius 2 is 1.89 bits per heavy atom. The molecule has 1 heterocycles. The fourth-order valence-corrected chi connectivity index (χ4v) is 3.50. The second-order valence-corrected chi connectivity index (χ2v) is 8.12. The van der Waals surface area contributed by atoms with Gasteiger partial charge in [-0.05, 0) is 36.8 Å². The summed E-state index contributed by atoms with van der Waals surface area (Å²) in [6.45, 7) is 1.66. The number of ether oxygens (including phenoxy) is 1. The van der Waals surface area contributed by atoms with Gasteiger partial charge in [-0.2, -0.15) is 0 Å². The van der Waals surface area contributed by atoms with E-state index in [9.17, 15) is 13.2 Å². The number of pyridine rings is 1. The number of para-hydroxylation sites is 1. The molecular formula is C18H14Cl2N2O4S. The Morgan fingerprint density at radius 1 is 1.19 bits per heavy atom. The topological polar surface area (TPSA) is 99.4 Å². The molecule has 9 heteroatoms. The minimum absolute atomic E-state index is 0.0427. The Labute approximate surface area is 165 Å². The molecule has 0 aliphatic rings. The predicted octanol–water partition coefficient (Wildman–Crippen LogP) is 3.85. The molecule has 3 aromatic rings. The summed E-state index contributed by atoms with van der Waals surface area (Å²) in [6, 6.07) is 11.0. The highest BCUT2D eigenvalue weighted by Gasteiger charge is 2.18. The Morgan fingerprint density at radius 3 is 2.59 bits per heavy atom. The van der Waals surface area contributed by atoms with Crippen LogP contribution in [-0.4, -0.2) is 19.4 Å². The van der Waals surface area contributed by atoms with Crippen molar-refractivity contribution in [1.82, 2.24) is 4.98 Å². The lowest BCUT2D eigenvalue weighted by Gasteiger charge is -2.11. The number of aromatic nitrogens is 1. The van der Waals surface area contributed by atoms with Crippen molar-refractivity contribution in [3.05, 3.63) is 69.3 Å². The van der Waals surface area contributed by atoms with Crippen LogP contribution >= 0.6 is 23.2 Å². The van der Waals surface area contributed by atoms with Crippen LogP contribution in [-0.2, 0) is 21.4 Å². The number of aryl methyl sites for hydroxylation is 1. The largest absolute Gasteiger partial charge is 0.455 e. The molecule has 1 aromatic heterocycles. The van der Waals surface area contributed by atoms with E-state index in [4.69, 9.17) is 33.1 Å². The average Bonchev–Trinajstić information content (AvgIpc) is 2.62. The zero-order chi connectivity index (χ0) is 19.8. The van der Waals surface area contributed by atoms with Crippen molar-refractivity contribution in [2.45, 2.75) is 18.4 Å². The van der Waals surface area contributed by atoms with Crippen LogP contribution in [0.3, 0.4) is 0 Å². The Balaban J connectivity index is 1.89. The van der Waals surface area contributed by atoms with E-state index in [1.165, 1.54) is 12.1 Å². The molecule has 0 radical (unpaired) electrons. The predicted molar refractivity (Wildman–Crippen MR) is 103 cm³/mol. The maximum Gasteiger partial charge on any atom is 0.340 e. The molecule has 0 atom stereocenters. The van der Waals surface area contributed by atoms with Crippen LogP contribution < -0.4 is 5.14 Å². The second-order valence-electron chi connectivity index (χ2n) is 5.78. The Hall–Kier alpha value is -2.19. The van der Waals surface area contributed by atoms with Gasteiger partial charge in [0, 0.05) is 5.39 Å². The van der Waals surface area contributed by atoms with Gasteiger partial charge < -0.3 is 4.74 Å². The number of carbonyl (C=O) groups excluding carboxylic acids is 1. The first-order valence-electron chi connectivity index (χ1n) is 7.71. The van der Waals surface area contributed by atoms with Gasteiger partial charge in [0.1, 0.15) is 6.61 Å². The number of nitrogens with two attached hydrogens (primary N) is 1. The molecule has 140 valence electrons. The van der Waals surface area contributed by atoms with Crippen molar-refractivity contribution < 1.29 is 17.9 Å². The fraction of sp³-hybridized carbons (Fsp3) is 0.111. The van der Waals surface area contributed by atoms with Crippen LogP contribution in [0.1, 0.15) is 21.6 Å². The summed E-state index contributed by atoms with van der Waals surface area (Å²) < 4.78 is 28.2. The lowest BCUT2D eigenvalue weighted by atomic mass is 10.1. The molecule has 3 rings (SSSR count). The van der Waals surface area contributed by atoms with Gasteiger partial charge >= 0.3 is 5.97 Å². The monoisotopic (exact) mass is 424 g/mol. The van der Waals surface area contributed by atoms with E-state index < -0.39 is 16.0 Å². The molecule has 0 spiro atoms. The van der Waals surface area contributed by atoms with Crippen molar-refractivity contribution in [1.29, 1.82) is 0 Å². The minimum Gasteiger partial charge on any atom is -0.455 e. The number of benzene rings is 2. The molecule has 0 amide bonds. The van der Waals surface area contributed by atoms with Crippen LogP contribution in [0.5, 0.6) is 0 Å². The second kappa shape index (κ2) is 7.44. The van der Waals surface area contributed by atoms with Crippen molar-refractivity contribution in [3.63, 3.8) is 0 Å². The van der Waals surface area contributed by atoms with E-state index in [1.807, 2.05) is 31.2 Å². The number of hydrogen-bond donors (Lipinski definition) is 1. The fourth-order valence-electron chi connectivity index (χ4n) is 2.56. The third-order valence-corrected chi connectivity index (χ3v) is 5.71. The van der Waals surface area contributed by atoms with Crippen molar-refractivity contribution in [3.8, 4) is 0 Å². The molecule has 0 saturated heterocycles. The molecule has 2 N–H and O–H groups in total. The number of primary sulfonamides is 1. The van der Waals surface area contributed by atoms with E-state index in [0.717, 1.165) is 22.5 Å². The zero-order valence-corrected chi connectivity index (χ0v) is 16.4. The summed E-state index contributed by atoms with van der Waals surface area (Å²) >= 11 is 12.3. The molecule has 0 unspecified atom stereocenters. The van der Waals surface area contributed by atoms with E-state index in [1.54, 1.807) is 0 Å². The zero-order valence-electron chi connectivity index (χ0n) is 14.1. The maximum absolute atomic E-state index is 12.4. The van der Waals surface area contributed by atoms with Crippen LogP contribution in [0.4, 0.5) is 0 Å². The quantitative estimate of drug-likeness (QED) is 0.640. The highest BCUT2D eigenvalue weighted by molar-refractivity contribution is 7.89. The smallest absolute Gasteiger partial charge is 0.340 e. The molecule has 6 nitrogen and oxygen atoms in total. The first-order chi connectivity index (χ1) is 12.7. The highest BCUT2D eigenvalue weighted by atomic mass is 35.5. The van der Waals surface area contributed by atoms with Gasteiger partial charge in [0.05, 0.1) is 31.7 Å². The minimum atomic E-state index is -3.98. The molecule has 0 bridgehead atoms. The standard InChI is InChI=1S/C18H14Cl2N2O4S/c1-10-12-4-2-3-5-15(12)22-16(17(10)20)9-26-18(23)13-8-11(27(21,24)25)6-7-14(13)19/h2-8H,9H2,1H3,(H2,21,24,25). The van der Waals surface area contributed by atoms with Crippen molar-refractivity contribution in [2.75, 3.05) is 0 Å². The number of nitrogens with zero attached hydrogens (tertiary/aromatic N) is 1. The molecule has 2 aromatic carbocycles. The van der Waals surface area contributed by atoms with Gasteiger partial charge in [0.2, 0.25) is 10.0 Å². The number of halogens is 2. The average molecular weight is 425 g/mol. The number of esters is 1. The van der Waals surface area contributed by atoms with Gasteiger partial charge in [-0.15, -0.1) is 0 Å². The van der Waals surface area contributed by atoms with E-state index >= 15 is 0 Å². The first-order valence-corrected chi connectivity index (χ1v) is 10.0. The molecular weight excluding hydrogens is 411 g/mol. The SMILES string of the molecule is Cc1c(Cl)c(COC(=O)c2cc(S(N)(=O)=O)ccc2Cl)nc2ccccc12. The van der Waals surface area contributed by atoms with Gasteiger partial charge in [-0.1, -0.05) is 41.4 Å². The number of hydrogen-bond acceptors (Lipinski definition) is 5. The van der Waals surface area contributed by atoms with Gasteiger partial charge in [0.15, 0.2) is 0 Å². The summed E-state index contributed by atoms with van der Waals surface area (Å²) in [6.07, 6.45) is 0. The highest BCUT2D eigenvalue weighted by Crippen LogP contribution is 2.28. The van der Waals surface area contributed by atoms with E-state index in [2.05, 4.69) is 4.98 Å². The van der Waals surface area contributed by atoms with Crippen molar-refractivity contribution >= 4 is 50.1 Å². The third-order valence-electron chi connectivity index (χ3n) is 3.97. The maximum atomic E-state index is 12.4. The van der Waals surface area contributed by atoms with Gasteiger partial charge in [-0.25, -0.2) is 23.3 Å². The number of carbonyl (C=O) groups is 1. The summed E-state index contributed by atoms with van der Waals surface area (Å²) in [5, 5.41) is 6.42. The Bertz CT molecular complexity index is 1160. The van der Waals surface area contributed by atoms with Gasteiger partial charge in [0.25, 0.3) is 0 Å². The number of fused-ring (bicyclic) bond motifs is 1. The lowest BCUT2D eigenvalue weighted by Crippen LogP contribution is -2.14. The third kappa shape index (κ3) is 4.06. The van der Waals surface area contributed by atoms with Crippen LogP contribution in [0.25, 0.3) is 10.9 Å². The molecule has 0 saturated carbocycles. The molecule has 0 fully saturated rings. The van der Waals surface area contributed by atoms with Gasteiger partial charge in [-0.3, -0.25) is 0 Å². The van der Waals surface area contributed by atoms with E-state index in [0.29, 0.717) is 10.7 Å². The summed E-state index contributed by atoms with van der Waals surface area (Å²) in [5.41, 5.74) is 1.82. The summed E-state index contributed by atoms with van der Waals surface area (Å²) in [4.78, 5) is 16.5. The van der Waals surface area contributed by atoms with E-state index in [-0.39, 0.29) is 22.1 Å². The molecule has 0 aliphatic heterocycles. The van der Waals surface area contributed by atoms with Crippen molar-refractivity contribution in [2.24, 2.45) is 5.14 Å². The summed E-state index contributed by atoms with van der Waals surface area (Å²) in [5.74, 6) is -0.811. The van der Waals surface area contributed by atoms with Crippen LogP contribution in [0.15, 0.2) is 47.4 Å². The first kappa shape index (κ1) is 19.6. The lowest BCUT2D eigenvalue weighted by molar-refractivity contribution is 0.0468. The normalized spacial score (nSPS) is 11.6. The Kier molecular flexibility index (Phi) is 5.39. The van der Waals surface area contributed by atoms with Crippen LogP contribution in [0, 0.1) is 6.92 Å². The molecule has 27 heavy (non-hydrogen) atoms. The van der Waals surface area contributed by atoms with Crippen LogP contribution in [0.2, 0.25) is 10.0 Å². The summed E-state index contributed by atoms with van der Waals surface area (Å²) in [7, 11) is -3.98. The number of sulfonamides is 1. The molecule has 0 aliphatic carbocycles.